The average Bonchev–Trinajstić information content (AvgIpc) is 2.85. The number of nitroso groups, excluding NO2 is 1. The summed E-state index contributed by atoms with van der Waals surface area (Å²) in [5, 5.41) is 84.9. The number of halogens is 1. The lowest BCUT2D eigenvalue weighted by molar-refractivity contribution is -0.134. The fourth-order valence-corrected chi connectivity index (χ4v) is 4.34. The molecular weight excluding hydrogens is 494 g/mol. The minimum atomic E-state index is -1.51. The minimum absolute atomic E-state index is 0.0695. The van der Waals surface area contributed by atoms with Crippen LogP contribution >= 0.6 is 11.6 Å². The van der Waals surface area contributed by atoms with Crippen molar-refractivity contribution in [2.24, 2.45) is 5.18 Å². The van der Waals surface area contributed by atoms with Crippen molar-refractivity contribution in [1.29, 1.82) is 0 Å². The maximum Gasteiger partial charge on any atom is 0.210 e. The third-order valence-corrected chi connectivity index (χ3v) is 6.35. The summed E-state index contributed by atoms with van der Waals surface area (Å²) >= 11 is 6.12. The van der Waals surface area contributed by atoms with E-state index in [2.05, 4.69) is 5.18 Å². The van der Waals surface area contributed by atoms with Gasteiger partial charge < -0.3 is 55.1 Å². The van der Waals surface area contributed by atoms with E-state index in [9.17, 15) is 45.8 Å². The van der Waals surface area contributed by atoms with Gasteiger partial charge in [0.15, 0.2) is 23.0 Å². The van der Waals surface area contributed by atoms with Gasteiger partial charge in [-0.2, -0.15) is 4.91 Å². The van der Waals surface area contributed by atoms with Crippen LogP contribution in [0, 0.1) is 4.91 Å². The van der Waals surface area contributed by atoms with Gasteiger partial charge in [0.05, 0.1) is 36.5 Å². The number of aromatic hydroxyl groups is 7. The fraction of sp³-hybridized carbons (Fsp3) is 0.429. The summed E-state index contributed by atoms with van der Waals surface area (Å²) in [4.78, 5) is 11.6. The number of hydrogen-bond donors (Lipinski definition) is 8. The van der Waals surface area contributed by atoms with Gasteiger partial charge in [0.1, 0.15) is 17.9 Å². The van der Waals surface area contributed by atoms with Gasteiger partial charge in [-0.15, -0.1) is 0 Å². The second-order valence-corrected chi connectivity index (χ2v) is 8.18. The molecule has 4 atom stereocenters. The Morgan fingerprint density at radius 3 is 2.00 bits per heavy atom. The second kappa shape index (κ2) is 10.1. The highest BCUT2D eigenvalue weighted by Crippen LogP contribution is 2.55. The van der Waals surface area contributed by atoms with Crippen molar-refractivity contribution in [3.05, 3.63) is 26.6 Å². The van der Waals surface area contributed by atoms with E-state index in [1.54, 1.807) is 0 Å². The highest BCUT2D eigenvalue weighted by atomic mass is 35.5. The predicted octanol–water partition coefficient (Wildman–Crippen LogP) is 1.85. The van der Waals surface area contributed by atoms with Crippen LogP contribution in [0.4, 0.5) is 0 Å². The third kappa shape index (κ3) is 4.27. The molecule has 0 spiro atoms. The molecule has 0 saturated carbocycles. The van der Waals surface area contributed by atoms with Gasteiger partial charge in [0.2, 0.25) is 17.2 Å². The van der Waals surface area contributed by atoms with Crippen LogP contribution in [0.15, 0.2) is 5.18 Å². The molecule has 1 aliphatic rings. The van der Waals surface area contributed by atoms with Crippen molar-refractivity contribution >= 4 is 11.6 Å². The van der Waals surface area contributed by atoms with Crippen molar-refractivity contribution in [3.63, 3.8) is 0 Å². The van der Waals surface area contributed by atoms with Crippen LogP contribution in [-0.2, 0) is 15.9 Å². The molecule has 1 fully saturated rings. The van der Waals surface area contributed by atoms with E-state index in [1.165, 1.54) is 7.11 Å². The highest BCUT2D eigenvalue weighted by molar-refractivity contribution is 6.33. The van der Waals surface area contributed by atoms with Crippen molar-refractivity contribution in [2.45, 2.75) is 37.2 Å². The van der Waals surface area contributed by atoms with E-state index in [1.807, 2.05) is 0 Å². The van der Waals surface area contributed by atoms with Gasteiger partial charge in [-0.3, -0.25) is 0 Å². The smallest absolute Gasteiger partial charge is 0.210 e. The molecule has 8 N–H and O–H groups in total. The lowest BCUT2D eigenvalue weighted by Gasteiger charge is -2.38. The molecule has 4 unspecified atom stereocenters. The Hall–Kier alpha value is -3.39. The van der Waals surface area contributed by atoms with E-state index in [0.717, 1.165) is 7.11 Å². The zero-order valence-corrected chi connectivity index (χ0v) is 19.2. The van der Waals surface area contributed by atoms with Crippen LogP contribution in [-0.4, -0.2) is 79.9 Å². The molecule has 1 saturated heterocycles. The van der Waals surface area contributed by atoms with Crippen molar-refractivity contribution in [3.8, 4) is 46.0 Å². The molecule has 35 heavy (non-hydrogen) atoms. The molecule has 14 heteroatoms. The van der Waals surface area contributed by atoms with Gasteiger partial charge in [-0.1, -0.05) is 16.8 Å². The standard InChI is InChI=1S/C21H24ClNO12/c1-33-9-3-6(5-24)35-20(12(9)23-32)10-13(25)7(11(22)17(29)16(10)28)4-8-14(26)18(30)21(34-2)19(31)15(8)27/h6,9,12,20,24-31H,3-5H2,1-2H3. The number of benzene rings is 2. The number of nitrogens with zero attached hydrogens (tertiary/aromatic N) is 1. The van der Waals surface area contributed by atoms with Gasteiger partial charge in [-0.05, 0) is 0 Å². The number of methoxy groups -OCH3 is 2. The summed E-state index contributed by atoms with van der Waals surface area (Å²) in [5.41, 5.74) is -1.43. The topological polar surface area (TPSA) is 219 Å². The summed E-state index contributed by atoms with van der Waals surface area (Å²) in [6.07, 6.45) is -3.90. The van der Waals surface area contributed by atoms with Crippen LogP contribution in [0.25, 0.3) is 0 Å². The first-order valence-electron chi connectivity index (χ1n) is 10.1. The molecule has 0 amide bonds. The molecule has 1 heterocycles. The lowest BCUT2D eigenvalue weighted by Crippen LogP contribution is -2.44. The number of phenolic OH excluding ortho intramolecular Hbond substituents is 7. The Morgan fingerprint density at radius 1 is 0.914 bits per heavy atom. The van der Waals surface area contributed by atoms with Crippen molar-refractivity contribution in [2.75, 3.05) is 20.8 Å². The van der Waals surface area contributed by atoms with Crippen molar-refractivity contribution in [1.82, 2.24) is 0 Å². The predicted molar refractivity (Wildman–Crippen MR) is 119 cm³/mol. The molecular formula is C21H24ClNO12. The number of aliphatic hydroxyl groups is 1. The molecule has 0 aliphatic carbocycles. The largest absolute Gasteiger partial charge is 0.507 e. The molecule has 13 nitrogen and oxygen atoms in total. The third-order valence-electron chi connectivity index (χ3n) is 5.94. The van der Waals surface area contributed by atoms with Crippen LogP contribution in [0.1, 0.15) is 29.2 Å². The second-order valence-electron chi connectivity index (χ2n) is 7.80. The molecule has 2 aromatic carbocycles. The molecule has 0 radical (unpaired) electrons. The summed E-state index contributed by atoms with van der Waals surface area (Å²) in [6.45, 7) is -0.498. The Labute approximate surface area is 202 Å². The van der Waals surface area contributed by atoms with Gasteiger partial charge in [-0.25, -0.2) is 0 Å². The molecule has 192 valence electrons. The summed E-state index contributed by atoms with van der Waals surface area (Å²) in [5.74, 6) is -7.03. The van der Waals surface area contributed by atoms with Gasteiger partial charge in [0.25, 0.3) is 0 Å². The first-order chi connectivity index (χ1) is 16.5. The summed E-state index contributed by atoms with van der Waals surface area (Å²) < 4.78 is 15.6. The Bertz CT molecular complexity index is 1110. The molecule has 1 aliphatic heterocycles. The zero-order valence-electron chi connectivity index (χ0n) is 18.5. The number of rotatable bonds is 7. The van der Waals surface area contributed by atoms with E-state index in [4.69, 9.17) is 25.8 Å². The van der Waals surface area contributed by atoms with Crippen LogP contribution < -0.4 is 4.74 Å². The quantitative estimate of drug-likeness (QED) is 0.150. The molecule has 0 bridgehead atoms. The highest BCUT2D eigenvalue weighted by Gasteiger charge is 2.44. The molecule has 2 aromatic rings. The van der Waals surface area contributed by atoms with Crippen molar-refractivity contribution < 1.29 is 55.1 Å². The Kier molecular flexibility index (Phi) is 7.55. The Balaban J connectivity index is 2.22. The van der Waals surface area contributed by atoms with Crippen LogP contribution in [0.2, 0.25) is 5.02 Å². The number of ether oxygens (including phenoxy) is 3. The average molecular weight is 518 g/mol. The minimum Gasteiger partial charge on any atom is -0.507 e. The SMILES string of the molecule is COc1c(O)c(O)c(Cc2c(O)c(C3OC(CO)CC(OC)C3N=O)c(O)c(O)c2Cl)c(O)c1O. The van der Waals surface area contributed by atoms with E-state index >= 15 is 0 Å². The first-order valence-corrected chi connectivity index (χ1v) is 10.5. The maximum absolute atomic E-state index is 11.6. The first kappa shape index (κ1) is 26.2. The zero-order chi connectivity index (χ0) is 26.2. The number of hydrogen-bond acceptors (Lipinski definition) is 13. The van der Waals surface area contributed by atoms with Gasteiger partial charge in [0, 0.05) is 31.1 Å². The lowest BCUT2D eigenvalue weighted by atomic mass is 9.88. The van der Waals surface area contributed by atoms with Crippen LogP contribution in [0.5, 0.6) is 46.0 Å². The normalized spacial score (nSPS) is 22.2. The summed E-state index contributed by atoms with van der Waals surface area (Å²) in [7, 11) is 2.35. The number of phenols is 7. The monoisotopic (exact) mass is 517 g/mol. The number of aliphatic hydroxyl groups excluding tert-OH is 1. The molecule has 0 aromatic heterocycles. The van der Waals surface area contributed by atoms with Crippen LogP contribution in [0.3, 0.4) is 0 Å². The Morgan fingerprint density at radius 2 is 1.51 bits per heavy atom. The van der Waals surface area contributed by atoms with E-state index < -0.39 is 99.5 Å². The van der Waals surface area contributed by atoms with E-state index in [-0.39, 0.29) is 12.0 Å². The van der Waals surface area contributed by atoms with E-state index in [0.29, 0.717) is 0 Å². The molecule has 3 rings (SSSR count). The fourth-order valence-electron chi connectivity index (χ4n) is 4.10. The maximum atomic E-state index is 11.6. The van der Waals surface area contributed by atoms with Gasteiger partial charge >= 0.3 is 0 Å². The summed E-state index contributed by atoms with van der Waals surface area (Å²) in [6, 6.07) is -1.33.